The molecule has 1 rings (SSSR count). The van der Waals surface area contributed by atoms with Gasteiger partial charge in [-0.3, -0.25) is 0 Å². The van der Waals surface area contributed by atoms with Gasteiger partial charge in [-0.25, -0.2) is 18.1 Å². The Morgan fingerprint density at radius 1 is 1.35 bits per heavy atom. The molecule has 0 spiro atoms. The molecule has 1 heterocycles. The third kappa shape index (κ3) is 5.07. The van der Waals surface area contributed by atoms with E-state index in [1.54, 1.807) is 19.2 Å². The van der Waals surface area contributed by atoms with Crippen molar-refractivity contribution in [1.82, 2.24) is 9.71 Å². The molecule has 20 heavy (non-hydrogen) atoms. The van der Waals surface area contributed by atoms with E-state index in [0.717, 1.165) is 13.0 Å². The van der Waals surface area contributed by atoms with E-state index in [9.17, 15) is 8.42 Å². The van der Waals surface area contributed by atoms with E-state index in [2.05, 4.69) is 21.9 Å². The topological polar surface area (TPSA) is 80.3 Å². The van der Waals surface area contributed by atoms with Crippen molar-refractivity contribution < 1.29 is 13.2 Å². The summed E-state index contributed by atoms with van der Waals surface area (Å²) in [5, 5.41) is 3.10. The lowest BCUT2D eigenvalue weighted by Gasteiger charge is -2.16. The van der Waals surface area contributed by atoms with E-state index in [0.29, 0.717) is 18.8 Å². The number of sulfonamides is 1. The quantitative estimate of drug-likeness (QED) is 0.724. The van der Waals surface area contributed by atoms with Crippen LogP contribution < -0.4 is 10.0 Å². The van der Waals surface area contributed by atoms with Crippen LogP contribution in [0.4, 0.5) is 5.82 Å². The molecule has 1 atom stereocenters. The normalized spacial score (nSPS) is 13.2. The van der Waals surface area contributed by atoms with Crippen molar-refractivity contribution in [2.75, 3.05) is 25.6 Å². The number of rotatable bonds is 9. The molecule has 0 radical (unpaired) electrons. The zero-order chi connectivity index (χ0) is 15.0. The summed E-state index contributed by atoms with van der Waals surface area (Å²) in [4.78, 5) is 4.26. The maximum absolute atomic E-state index is 12.2. The molecule has 0 amide bonds. The molecule has 0 aliphatic carbocycles. The first-order valence-electron chi connectivity index (χ1n) is 6.74. The van der Waals surface area contributed by atoms with Crippen molar-refractivity contribution in [2.24, 2.45) is 0 Å². The number of pyridine rings is 1. The highest BCUT2D eigenvalue weighted by molar-refractivity contribution is 7.89. The minimum absolute atomic E-state index is 0.161. The Morgan fingerprint density at radius 3 is 2.60 bits per heavy atom. The molecule has 1 aromatic heterocycles. The number of anilines is 1. The van der Waals surface area contributed by atoms with E-state index in [4.69, 9.17) is 4.74 Å². The molecule has 0 saturated heterocycles. The van der Waals surface area contributed by atoms with Crippen LogP contribution in [0.1, 0.15) is 26.7 Å². The Balaban J connectivity index is 2.76. The minimum Gasteiger partial charge on any atom is -0.383 e. The van der Waals surface area contributed by atoms with Gasteiger partial charge < -0.3 is 10.1 Å². The standard InChI is InChI=1S/C13H23N3O3S/c1-4-8-14-13-7-6-12(9-15-13)20(17,18)16-11(5-2)10-19-3/h6-7,9,11,16H,4-5,8,10H2,1-3H3,(H,14,15). The molecule has 1 unspecified atom stereocenters. The third-order valence-corrected chi connectivity index (χ3v) is 4.29. The van der Waals surface area contributed by atoms with Crippen molar-refractivity contribution in [3.05, 3.63) is 18.3 Å². The van der Waals surface area contributed by atoms with E-state index in [1.165, 1.54) is 6.20 Å². The predicted molar refractivity (Wildman–Crippen MR) is 79.3 cm³/mol. The molecular formula is C13H23N3O3S. The summed E-state index contributed by atoms with van der Waals surface area (Å²) in [6, 6.07) is 2.98. The lowest BCUT2D eigenvalue weighted by Crippen LogP contribution is -2.37. The molecule has 114 valence electrons. The summed E-state index contributed by atoms with van der Waals surface area (Å²) >= 11 is 0. The summed E-state index contributed by atoms with van der Waals surface area (Å²) in [7, 11) is -2.00. The molecule has 1 aromatic rings. The number of hydrogen-bond donors (Lipinski definition) is 2. The Morgan fingerprint density at radius 2 is 2.10 bits per heavy atom. The predicted octanol–water partition coefficient (Wildman–Crippen LogP) is 1.61. The number of hydrogen-bond acceptors (Lipinski definition) is 5. The Bertz CT molecular complexity index is 488. The van der Waals surface area contributed by atoms with Crippen LogP contribution in [0, 0.1) is 0 Å². The van der Waals surface area contributed by atoms with Crippen LogP contribution >= 0.6 is 0 Å². The van der Waals surface area contributed by atoms with E-state index in [1.807, 2.05) is 6.92 Å². The van der Waals surface area contributed by atoms with Gasteiger partial charge in [0.15, 0.2) is 0 Å². The smallest absolute Gasteiger partial charge is 0.242 e. The molecular weight excluding hydrogens is 278 g/mol. The zero-order valence-corrected chi connectivity index (χ0v) is 13.0. The lowest BCUT2D eigenvalue weighted by atomic mass is 10.3. The Hall–Kier alpha value is -1.18. The first kappa shape index (κ1) is 16.9. The van der Waals surface area contributed by atoms with E-state index >= 15 is 0 Å². The van der Waals surface area contributed by atoms with Gasteiger partial charge in [-0.05, 0) is 25.0 Å². The maximum Gasteiger partial charge on any atom is 0.242 e. The SMILES string of the molecule is CCCNc1ccc(S(=O)(=O)NC(CC)COC)cn1. The van der Waals surface area contributed by atoms with Gasteiger partial charge in [0.2, 0.25) is 10.0 Å². The summed E-state index contributed by atoms with van der Waals surface area (Å²) in [6.07, 6.45) is 3.01. The summed E-state index contributed by atoms with van der Waals surface area (Å²) in [6.45, 7) is 5.11. The average molecular weight is 301 g/mol. The molecule has 2 N–H and O–H groups in total. The van der Waals surface area contributed by atoms with Crippen LogP contribution in [0.5, 0.6) is 0 Å². The highest BCUT2D eigenvalue weighted by Gasteiger charge is 2.19. The van der Waals surface area contributed by atoms with Gasteiger partial charge in [0, 0.05) is 25.9 Å². The number of methoxy groups -OCH3 is 1. The number of aromatic nitrogens is 1. The van der Waals surface area contributed by atoms with Crippen molar-refractivity contribution >= 4 is 15.8 Å². The Kier molecular flexibility index (Phi) is 6.90. The molecule has 0 aromatic carbocycles. The first-order valence-corrected chi connectivity index (χ1v) is 8.23. The maximum atomic E-state index is 12.2. The first-order chi connectivity index (χ1) is 9.53. The fourth-order valence-electron chi connectivity index (χ4n) is 1.62. The van der Waals surface area contributed by atoms with Crippen LogP contribution in [0.15, 0.2) is 23.2 Å². The van der Waals surface area contributed by atoms with Crippen molar-refractivity contribution in [1.29, 1.82) is 0 Å². The second-order valence-corrected chi connectivity index (χ2v) is 6.20. The van der Waals surface area contributed by atoms with Gasteiger partial charge in [0.25, 0.3) is 0 Å². The fourth-order valence-corrected chi connectivity index (χ4v) is 2.87. The summed E-state index contributed by atoms with van der Waals surface area (Å²) in [5.74, 6) is 0.676. The lowest BCUT2D eigenvalue weighted by molar-refractivity contribution is 0.173. The number of nitrogens with zero attached hydrogens (tertiary/aromatic N) is 1. The van der Waals surface area contributed by atoms with Gasteiger partial charge in [0.1, 0.15) is 10.7 Å². The van der Waals surface area contributed by atoms with Crippen molar-refractivity contribution in [2.45, 2.75) is 37.6 Å². The van der Waals surface area contributed by atoms with E-state index in [-0.39, 0.29) is 10.9 Å². The van der Waals surface area contributed by atoms with Crippen LogP contribution in [0.25, 0.3) is 0 Å². The Labute approximate surface area is 121 Å². The number of ether oxygens (including phenoxy) is 1. The largest absolute Gasteiger partial charge is 0.383 e. The van der Waals surface area contributed by atoms with Crippen molar-refractivity contribution in [3.8, 4) is 0 Å². The van der Waals surface area contributed by atoms with Gasteiger partial charge in [-0.2, -0.15) is 0 Å². The summed E-state index contributed by atoms with van der Waals surface area (Å²) < 4.78 is 31.9. The van der Waals surface area contributed by atoms with Crippen molar-refractivity contribution in [3.63, 3.8) is 0 Å². The highest BCUT2D eigenvalue weighted by atomic mass is 32.2. The summed E-state index contributed by atoms with van der Waals surface area (Å²) in [5.41, 5.74) is 0. The van der Waals surface area contributed by atoms with Crippen LogP contribution in [-0.2, 0) is 14.8 Å². The van der Waals surface area contributed by atoms with Gasteiger partial charge in [-0.1, -0.05) is 13.8 Å². The third-order valence-electron chi connectivity index (χ3n) is 2.79. The molecule has 0 bridgehead atoms. The molecule has 0 aliphatic rings. The second kappa shape index (κ2) is 8.18. The molecule has 0 aliphatic heterocycles. The minimum atomic E-state index is -3.55. The average Bonchev–Trinajstić information content (AvgIpc) is 2.45. The van der Waals surface area contributed by atoms with Crippen LogP contribution in [-0.4, -0.2) is 39.7 Å². The molecule has 6 nitrogen and oxygen atoms in total. The van der Waals surface area contributed by atoms with E-state index < -0.39 is 10.0 Å². The molecule has 7 heteroatoms. The fraction of sp³-hybridized carbons (Fsp3) is 0.615. The molecule has 0 fully saturated rings. The number of nitrogens with one attached hydrogen (secondary N) is 2. The second-order valence-electron chi connectivity index (χ2n) is 4.49. The van der Waals surface area contributed by atoms with Crippen LogP contribution in [0.3, 0.4) is 0 Å². The van der Waals surface area contributed by atoms with Crippen LogP contribution in [0.2, 0.25) is 0 Å². The monoisotopic (exact) mass is 301 g/mol. The molecule has 0 saturated carbocycles. The highest BCUT2D eigenvalue weighted by Crippen LogP contribution is 2.11. The van der Waals surface area contributed by atoms with Gasteiger partial charge >= 0.3 is 0 Å². The van der Waals surface area contributed by atoms with Gasteiger partial charge in [0.05, 0.1) is 6.61 Å². The zero-order valence-electron chi connectivity index (χ0n) is 12.2. The van der Waals surface area contributed by atoms with Gasteiger partial charge in [-0.15, -0.1) is 0 Å².